The predicted octanol–water partition coefficient (Wildman–Crippen LogP) is 3.22. The molecule has 21 heavy (non-hydrogen) atoms. The highest BCUT2D eigenvalue weighted by Crippen LogP contribution is 2.39. The topological polar surface area (TPSA) is 49.0 Å². The van der Waals surface area contributed by atoms with Gasteiger partial charge in [0.05, 0.1) is 19.9 Å². The van der Waals surface area contributed by atoms with Gasteiger partial charge in [0.25, 0.3) is 0 Å². The molecule has 0 saturated heterocycles. The molecule has 2 aromatic carbocycles. The summed E-state index contributed by atoms with van der Waals surface area (Å²) in [7, 11) is 3.25. The summed E-state index contributed by atoms with van der Waals surface area (Å²) in [5, 5.41) is 3.32. The average Bonchev–Trinajstić information content (AvgIpc) is 2.55. The minimum Gasteiger partial charge on any atom is -0.497 e. The molecule has 0 aliphatic carbocycles. The second kappa shape index (κ2) is 5.83. The zero-order valence-electron chi connectivity index (χ0n) is 12.0. The van der Waals surface area contributed by atoms with Crippen LogP contribution in [0.3, 0.4) is 0 Å². The predicted molar refractivity (Wildman–Crippen MR) is 80.3 cm³/mol. The Morgan fingerprint density at radius 1 is 0.952 bits per heavy atom. The maximum Gasteiger partial charge on any atom is 0.184 e. The smallest absolute Gasteiger partial charge is 0.184 e. The van der Waals surface area contributed by atoms with Gasteiger partial charge in [0.15, 0.2) is 11.5 Å². The summed E-state index contributed by atoms with van der Waals surface area (Å²) >= 11 is 0. The first-order valence-corrected chi connectivity index (χ1v) is 6.69. The molecule has 0 spiro atoms. The third-order valence-corrected chi connectivity index (χ3v) is 3.20. The summed E-state index contributed by atoms with van der Waals surface area (Å²) in [6, 6.07) is 11.4. The van der Waals surface area contributed by atoms with Gasteiger partial charge in [-0.05, 0) is 12.1 Å². The fourth-order valence-electron chi connectivity index (χ4n) is 2.21. The minimum absolute atomic E-state index is 0.549. The average molecular weight is 287 g/mol. The Morgan fingerprint density at radius 2 is 1.67 bits per heavy atom. The van der Waals surface area contributed by atoms with Gasteiger partial charge in [-0.25, -0.2) is 0 Å². The zero-order valence-corrected chi connectivity index (χ0v) is 12.0. The van der Waals surface area contributed by atoms with Crippen molar-refractivity contribution >= 4 is 11.4 Å². The maximum atomic E-state index is 5.69. The molecule has 5 nitrogen and oxygen atoms in total. The normalized spacial score (nSPS) is 12.7. The van der Waals surface area contributed by atoms with Crippen LogP contribution in [0.25, 0.3) is 0 Å². The second-order valence-electron chi connectivity index (χ2n) is 4.56. The van der Waals surface area contributed by atoms with E-state index in [0.29, 0.717) is 13.2 Å². The van der Waals surface area contributed by atoms with Gasteiger partial charge >= 0.3 is 0 Å². The molecular weight excluding hydrogens is 270 g/mol. The van der Waals surface area contributed by atoms with Crippen LogP contribution in [0.1, 0.15) is 0 Å². The van der Waals surface area contributed by atoms with Crippen LogP contribution < -0.4 is 24.3 Å². The molecule has 1 aliphatic heterocycles. The first kappa shape index (κ1) is 13.4. The van der Waals surface area contributed by atoms with E-state index in [4.69, 9.17) is 18.9 Å². The fourth-order valence-corrected chi connectivity index (χ4v) is 2.21. The summed E-state index contributed by atoms with van der Waals surface area (Å²) in [5.41, 5.74) is 1.70. The van der Waals surface area contributed by atoms with Crippen molar-refractivity contribution < 1.29 is 18.9 Å². The van der Waals surface area contributed by atoms with E-state index in [1.165, 1.54) is 0 Å². The summed E-state index contributed by atoms with van der Waals surface area (Å²) < 4.78 is 21.8. The lowest BCUT2D eigenvalue weighted by Crippen LogP contribution is -2.16. The number of anilines is 2. The molecule has 1 aliphatic rings. The molecule has 0 unspecified atom stereocenters. The molecule has 3 rings (SSSR count). The summed E-state index contributed by atoms with van der Waals surface area (Å²) in [6.45, 7) is 1.12. The molecule has 0 bridgehead atoms. The van der Waals surface area contributed by atoms with Gasteiger partial charge in [0.2, 0.25) is 0 Å². The number of para-hydroxylation sites is 1. The standard InChI is InChI=1S/C16H17NO4/c1-18-12-8-11(9-13(10-12)19-2)17-14-4-3-5-15-16(14)21-7-6-20-15/h3-5,8-10,17H,6-7H2,1-2H3. The van der Waals surface area contributed by atoms with E-state index in [1.54, 1.807) is 14.2 Å². The Kier molecular flexibility index (Phi) is 3.73. The van der Waals surface area contributed by atoms with E-state index in [0.717, 1.165) is 34.4 Å². The van der Waals surface area contributed by atoms with Crippen molar-refractivity contribution in [3.8, 4) is 23.0 Å². The fraction of sp³-hybridized carbons (Fsp3) is 0.250. The van der Waals surface area contributed by atoms with Crippen molar-refractivity contribution in [1.29, 1.82) is 0 Å². The molecule has 0 fully saturated rings. The van der Waals surface area contributed by atoms with Gasteiger partial charge in [-0.3, -0.25) is 0 Å². The minimum atomic E-state index is 0.549. The first-order chi connectivity index (χ1) is 10.3. The lowest BCUT2D eigenvalue weighted by Gasteiger charge is -2.21. The van der Waals surface area contributed by atoms with Crippen LogP contribution in [-0.2, 0) is 0 Å². The van der Waals surface area contributed by atoms with Gasteiger partial charge in [-0.2, -0.15) is 0 Å². The van der Waals surface area contributed by atoms with Crippen LogP contribution >= 0.6 is 0 Å². The highest BCUT2D eigenvalue weighted by molar-refractivity contribution is 5.71. The van der Waals surface area contributed by atoms with Crippen molar-refractivity contribution in [2.45, 2.75) is 0 Å². The molecule has 2 aromatic rings. The molecule has 0 aromatic heterocycles. The zero-order chi connectivity index (χ0) is 14.7. The molecule has 5 heteroatoms. The maximum absolute atomic E-state index is 5.69. The number of hydrogen-bond acceptors (Lipinski definition) is 5. The van der Waals surface area contributed by atoms with Crippen LogP contribution in [0, 0.1) is 0 Å². The number of nitrogens with one attached hydrogen (secondary N) is 1. The van der Waals surface area contributed by atoms with Gasteiger partial charge < -0.3 is 24.3 Å². The van der Waals surface area contributed by atoms with Crippen LogP contribution in [0.15, 0.2) is 36.4 Å². The lowest BCUT2D eigenvalue weighted by molar-refractivity contribution is 0.172. The molecule has 0 saturated carbocycles. The van der Waals surface area contributed by atoms with Crippen LogP contribution in [0.5, 0.6) is 23.0 Å². The number of rotatable bonds is 4. The lowest BCUT2D eigenvalue weighted by atomic mass is 10.2. The van der Waals surface area contributed by atoms with Crippen LogP contribution in [-0.4, -0.2) is 27.4 Å². The van der Waals surface area contributed by atoms with Crippen LogP contribution in [0.2, 0.25) is 0 Å². The Hall–Kier alpha value is -2.56. The molecule has 1 N–H and O–H groups in total. The Bertz CT molecular complexity index is 620. The Balaban J connectivity index is 1.93. The SMILES string of the molecule is COc1cc(Nc2cccc3c2OCCO3)cc(OC)c1. The van der Waals surface area contributed by atoms with E-state index in [-0.39, 0.29) is 0 Å². The summed E-state index contributed by atoms with van der Waals surface area (Å²) in [6.07, 6.45) is 0. The van der Waals surface area contributed by atoms with E-state index in [9.17, 15) is 0 Å². The summed E-state index contributed by atoms with van der Waals surface area (Å²) in [5.74, 6) is 2.92. The van der Waals surface area contributed by atoms with Crippen molar-refractivity contribution in [1.82, 2.24) is 0 Å². The molecule has 0 atom stereocenters. The van der Waals surface area contributed by atoms with E-state index in [2.05, 4.69) is 5.32 Å². The van der Waals surface area contributed by atoms with E-state index >= 15 is 0 Å². The quantitative estimate of drug-likeness (QED) is 0.935. The van der Waals surface area contributed by atoms with Crippen LogP contribution in [0.4, 0.5) is 11.4 Å². The van der Waals surface area contributed by atoms with Crippen molar-refractivity contribution in [2.75, 3.05) is 32.8 Å². The second-order valence-corrected chi connectivity index (χ2v) is 4.56. The molecule has 110 valence electrons. The van der Waals surface area contributed by atoms with Gasteiger partial charge in [0, 0.05) is 23.9 Å². The number of ether oxygens (including phenoxy) is 4. The van der Waals surface area contributed by atoms with Gasteiger partial charge in [0.1, 0.15) is 24.7 Å². The summed E-state index contributed by atoms with van der Waals surface area (Å²) in [4.78, 5) is 0. The monoisotopic (exact) mass is 287 g/mol. The third kappa shape index (κ3) is 2.81. The van der Waals surface area contributed by atoms with E-state index in [1.807, 2.05) is 36.4 Å². The number of hydrogen-bond donors (Lipinski definition) is 1. The van der Waals surface area contributed by atoms with Crippen molar-refractivity contribution in [2.24, 2.45) is 0 Å². The number of fused-ring (bicyclic) bond motifs is 1. The third-order valence-electron chi connectivity index (χ3n) is 3.20. The number of methoxy groups -OCH3 is 2. The number of benzene rings is 2. The van der Waals surface area contributed by atoms with Gasteiger partial charge in [-0.15, -0.1) is 0 Å². The Morgan fingerprint density at radius 3 is 2.38 bits per heavy atom. The molecule has 0 amide bonds. The largest absolute Gasteiger partial charge is 0.497 e. The molecule has 1 heterocycles. The highest BCUT2D eigenvalue weighted by atomic mass is 16.6. The molecular formula is C16H17NO4. The molecule has 0 radical (unpaired) electrons. The highest BCUT2D eigenvalue weighted by Gasteiger charge is 2.16. The first-order valence-electron chi connectivity index (χ1n) is 6.69. The van der Waals surface area contributed by atoms with Crippen molar-refractivity contribution in [3.05, 3.63) is 36.4 Å². The van der Waals surface area contributed by atoms with E-state index < -0.39 is 0 Å². The van der Waals surface area contributed by atoms with Crippen molar-refractivity contribution in [3.63, 3.8) is 0 Å². The Labute approximate surface area is 123 Å². The van der Waals surface area contributed by atoms with Gasteiger partial charge in [-0.1, -0.05) is 6.07 Å².